The lowest BCUT2D eigenvalue weighted by Crippen LogP contribution is -2.18. The predicted octanol–water partition coefficient (Wildman–Crippen LogP) is 4.77. The van der Waals surface area contributed by atoms with E-state index in [1.807, 2.05) is 31.2 Å². The third-order valence-corrected chi connectivity index (χ3v) is 5.38. The van der Waals surface area contributed by atoms with Gasteiger partial charge in [0.05, 0.1) is 9.39 Å². The van der Waals surface area contributed by atoms with Crippen molar-refractivity contribution >= 4 is 39.3 Å². The van der Waals surface area contributed by atoms with E-state index in [0.29, 0.717) is 20.5 Å². The summed E-state index contributed by atoms with van der Waals surface area (Å²) in [5, 5.41) is 0. The second kappa shape index (κ2) is 5.62. The van der Waals surface area contributed by atoms with Crippen molar-refractivity contribution < 1.29 is 9.59 Å². The summed E-state index contributed by atoms with van der Waals surface area (Å²) in [6.45, 7) is 2.01. The van der Waals surface area contributed by atoms with E-state index in [4.69, 9.17) is 0 Å². The predicted molar refractivity (Wildman–Crippen MR) is 88.1 cm³/mol. The van der Waals surface area contributed by atoms with Gasteiger partial charge in [-0.05, 0) is 35.0 Å². The number of carbonyl (C=O) groups excluding carboxylic acids is 2. The molecule has 2 aromatic carbocycles. The van der Waals surface area contributed by atoms with E-state index < -0.39 is 0 Å². The molecule has 0 unspecified atom stereocenters. The molecule has 0 heterocycles. The average Bonchev–Trinajstić information content (AvgIpc) is 2.51. The van der Waals surface area contributed by atoms with Crippen molar-refractivity contribution in [3.8, 4) is 0 Å². The molecule has 2 aromatic rings. The van der Waals surface area contributed by atoms with Gasteiger partial charge in [-0.3, -0.25) is 9.59 Å². The number of thioether (sulfide) groups is 1. The molecule has 1 aliphatic carbocycles. The molecule has 0 radical (unpaired) electrons. The van der Waals surface area contributed by atoms with Crippen LogP contribution in [0.1, 0.15) is 26.3 Å². The van der Waals surface area contributed by atoms with Crippen LogP contribution < -0.4 is 0 Å². The number of hydrogen-bond donors (Lipinski definition) is 0. The summed E-state index contributed by atoms with van der Waals surface area (Å²) in [6.07, 6.45) is 0. The molecule has 0 aromatic heterocycles. The molecule has 21 heavy (non-hydrogen) atoms. The van der Waals surface area contributed by atoms with Gasteiger partial charge in [0.25, 0.3) is 0 Å². The molecule has 0 saturated carbocycles. The highest BCUT2D eigenvalue weighted by atomic mass is 79.9. The van der Waals surface area contributed by atoms with Crippen molar-refractivity contribution in [2.24, 2.45) is 0 Å². The number of Topliss-reactive ketones (excluding diaryl/α,β-unsaturated/α-hetero) is 2. The molecular formula is C17H11BrO2S. The SMILES string of the molecule is Cc1ccc(SC2=C(Br)C(=O)c3ccccc3C2=O)cc1. The van der Waals surface area contributed by atoms with Gasteiger partial charge in [-0.1, -0.05) is 53.7 Å². The van der Waals surface area contributed by atoms with Gasteiger partial charge in [0.15, 0.2) is 0 Å². The molecule has 0 bridgehead atoms. The number of hydrogen-bond acceptors (Lipinski definition) is 3. The summed E-state index contributed by atoms with van der Waals surface area (Å²) in [7, 11) is 0. The van der Waals surface area contributed by atoms with E-state index in [1.54, 1.807) is 24.3 Å². The van der Waals surface area contributed by atoms with Gasteiger partial charge >= 0.3 is 0 Å². The van der Waals surface area contributed by atoms with Gasteiger partial charge < -0.3 is 0 Å². The average molecular weight is 359 g/mol. The Kier molecular flexibility index (Phi) is 3.83. The maximum Gasteiger partial charge on any atom is 0.202 e. The third kappa shape index (κ3) is 2.61. The van der Waals surface area contributed by atoms with Crippen LogP contribution in [0.15, 0.2) is 62.8 Å². The first-order valence-corrected chi connectivity index (χ1v) is 8.01. The zero-order valence-electron chi connectivity index (χ0n) is 11.2. The lowest BCUT2D eigenvalue weighted by molar-refractivity contribution is 0.0989. The molecule has 0 N–H and O–H groups in total. The van der Waals surface area contributed by atoms with Crippen molar-refractivity contribution in [3.63, 3.8) is 0 Å². The highest BCUT2D eigenvalue weighted by molar-refractivity contribution is 9.12. The first kappa shape index (κ1) is 14.3. The summed E-state index contributed by atoms with van der Waals surface area (Å²) < 4.78 is 0.344. The van der Waals surface area contributed by atoms with Crippen molar-refractivity contribution in [2.75, 3.05) is 0 Å². The Labute approximate surface area is 135 Å². The zero-order valence-corrected chi connectivity index (χ0v) is 13.6. The Morgan fingerprint density at radius 3 is 2.05 bits per heavy atom. The highest BCUT2D eigenvalue weighted by Gasteiger charge is 2.31. The third-order valence-electron chi connectivity index (χ3n) is 3.26. The molecule has 0 saturated heterocycles. The maximum atomic E-state index is 12.6. The lowest BCUT2D eigenvalue weighted by Gasteiger charge is -2.17. The Morgan fingerprint density at radius 2 is 1.43 bits per heavy atom. The summed E-state index contributed by atoms with van der Waals surface area (Å²) in [4.78, 5) is 26.3. The Morgan fingerprint density at radius 1 is 0.857 bits per heavy atom. The molecule has 2 nitrogen and oxygen atoms in total. The molecule has 4 heteroatoms. The van der Waals surface area contributed by atoms with Crippen molar-refractivity contribution in [2.45, 2.75) is 11.8 Å². The van der Waals surface area contributed by atoms with Gasteiger partial charge in [-0.15, -0.1) is 0 Å². The lowest BCUT2D eigenvalue weighted by atomic mass is 9.95. The highest BCUT2D eigenvalue weighted by Crippen LogP contribution is 2.39. The van der Waals surface area contributed by atoms with E-state index in [0.717, 1.165) is 10.5 Å². The van der Waals surface area contributed by atoms with Crippen LogP contribution in [0, 0.1) is 6.92 Å². The number of halogens is 1. The van der Waals surface area contributed by atoms with Crippen LogP contribution in [0.4, 0.5) is 0 Å². The molecule has 0 aliphatic heterocycles. The first-order valence-electron chi connectivity index (χ1n) is 6.40. The summed E-state index contributed by atoms with van der Waals surface area (Å²) in [6, 6.07) is 14.8. The number of benzene rings is 2. The largest absolute Gasteiger partial charge is 0.288 e. The Hall–Kier alpha value is -1.65. The van der Waals surface area contributed by atoms with Crippen LogP contribution >= 0.6 is 27.7 Å². The van der Waals surface area contributed by atoms with Crippen LogP contribution in [-0.2, 0) is 0 Å². The summed E-state index contributed by atoms with van der Waals surface area (Å²) in [5.74, 6) is -0.248. The Balaban J connectivity index is 2.02. The number of carbonyl (C=O) groups is 2. The second-order valence-corrected chi connectivity index (χ2v) is 6.64. The zero-order chi connectivity index (χ0) is 15.0. The normalized spacial score (nSPS) is 14.4. The van der Waals surface area contributed by atoms with E-state index in [1.165, 1.54) is 11.8 Å². The number of ketones is 2. The van der Waals surface area contributed by atoms with Gasteiger partial charge in [0.2, 0.25) is 11.6 Å². The van der Waals surface area contributed by atoms with E-state index >= 15 is 0 Å². The topological polar surface area (TPSA) is 34.1 Å². The van der Waals surface area contributed by atoms with Gasteiger partial charge in [-0.2, -0.15) is 0 Å². The quantitative estimate of drug-likeness (QED) is 0.774. The van der Waals surface area contributed by atoms with Gasteiger partial charge in [0, 0.05) is 16.0 Å². The molecule has 3 rings (SSSR count). The smallest absolute Gasteiger partial charge is 0.202 e. The van der Waals surface area contributed by atoms with Crippen LogP contribution in [0.3, 0.4) is 0 Å². The van der Waals surface area contributed by atoms with Crippen LogP contribution in [0.25, 0.3) is 0 Å². The van der Waals surface area contributed by atoms with Crippen molar-refractivity contribution in [3.05, 3.63) is 74.6 Å². The number of fused-ring (bicyclic) bond motifs is 1. The molecule has 0 amide bonds. The molecular weight excluding hydrogens is 348 g/mol. The van der Waals surface area contributed by atoms with Crippen molar-refractivity contribution in [1.29, 1.82) is 0 Å². The molecule has 1 aliphatic rings. The minimum Gasteiger partial charge on any atom is -0.288 e. The van der Waals surface area contributed by atoms with E-state index in [2.05, 4.69) is 15.9 Å². The van der Waals surface area contributed by atoms with Gasteiger partial charge in [0.1, 0.15) is 0 Å². The monoisotopic (exact) mass is 358 g/mol. The van der Waals surface area contributed by atoms with Crippen LogP contribution in [-0.4, -0.2) is 11.6 Å². The fourth-order valence-electron chi connectivity index (χ4n) is 2.14. The number of rotatable bonds is 2. The number of allylic oxidation sites excluding steroid dienone is 2. The summed E-state index contributed by atoms with van der Waals surface area (Å²) >= 11 is 4.61. The molecule has 0 atom stereocenters. The standard InChI is InChI=1S/C17H11BrO2S/c1-10-6-8-11(9-7-10)21-17-14(18)15(19)12-4-2-3-5-13(12)16(17)20/h2-9H,1H3. The molecule has 0 spiro atoms. The maximum absolute atomic E-state index is 12.6. The second-order valence-electron chi connectivity index (χ2n) is 4.76. The molecule has 0 fully saturated rings. The van der Waals surface area contributed by atoms with Crippen LogP contribution in [0.2, 0.25) is 0 Å². The minimum absolute atomic E-state index is 0.109. The molecule has 104 valence electrons. The van der Waals surface area contributed by atoms with E-state index in [-0.39, 0.29) is 11.6 Å². The number of aryl methyl sites for hydroxylation is 1. The fraction of sp³-hybridized carbons (Fsp3) is 0.0588. The van der Waals surface area contributed by atoms with Crippen molar-refractivity contribution in [1.82, 2.24) is 0 Å². The first-order chi connectivity index (χ1) is 10.1. The fourth-order valence-corrected chi connectivity index (χ4v) is 3.67. The Bertz CT molecular complexity index is 776. The van der Waals surface area contributed by atoms with Crippen LogP contribution in [0.5, 0.6) is 0 Å². The van der Waals surface area contributed by atoms with Gasteiger partial charge in [-0.25, -0.2) is 0 Å². The minimum atomic E-state index is -0.139. The van der Waals surface area contributed by atoms with E-state index in [9.17, 15) is 9.59 Å². The summed E-state index contributed by atoms with van der Waals surface area (Å²) in [5.41, 5.74) is 2.09.